The van der Waals surface area contributed by atoms with Crippen molar-refractivity contribution in [2.45, 2.75) is 17.6 Å². The summed E-state index contributed by atoms with van der Waals surface area (Å²) in [4.78, 5) is 21.5. The lowest BCUT2D eigenvalue weighted by Gasteiger charge is -2.07. The first-order chi connectivity index (χ1) is 11.7. The zero-order chi connectivity index (χ0) is 18.6. The van der Waals surface area contributed by atoms with E-state index in [0.29, 0.717) is 5.56 Å². The van der Waals surface area contributed by atoms with Gasteiger partial charge in [0.25, 0.3) is 5.69 Å². The van der Waals surface area contributed by atoms with Crippen LogP contribution < -0.4 is 0 Å². The van der Waals surface area contributed by atoms with Crippen LogP contribution in [0.3, 0.4) is 0 Å². The van der Waals surface area contributed by atoms with Gasteiger partial charge in [0, 0.05) is 17.2 Å². The molecule has 8 heteroatoms. The van der Waals surface area contributed by atoms with Gasteiger partial charge in [-0.15, -0.1) is 0 Å². The number of nitro benzene ring substituents is 1. The minimum Gasteiger partial charge on any atom is -0.478 e. The number of nitrogens with zero attached hydrogens (tertiary/aromatic N) is 1. The molecule has 130 valence electrons. The molecular formula is C17H15NO6S. The number of hydrogen-bond donors (Lipinski definition) is 1. The first kappa shape index (κ1) is 18.3. The molecule has 0 heterocycles. The summed E-state index contributed by atoms with van der Waals surface area (Å²) < 4.78 is 25.0. The molecule has 0 radical (unpaired) electrons. The molecule has 2 aromatic carbocycles. The zero-order valence-corrected chi connectivity index (χ0v) is 14.1. The summed E-state index contributed by atoms with van der Waals surface area (Å²) in [5, 5.41) is 20.1. The Hall–Kier alpha value is -3.00. The molecule has 0 aromatic heterocycles. The molecule has 25 heavy (non-hydrogen) atoms. The Morgan fingerprint density at radius 2 is 1.84 bits per heavy atom. The van der Waals surface area contributed by atoms with Crippen molar-refractivity contribution in [3.05, 3.63) is 75.3 Å². The van der Waals surface area contributed by atoms with E-state index in [9.17, 15) is 23.3 Å². The Bertz CT molecular complexity index is 948. The fourth-order valence-corrected chi connectivity index (χ4v) is 3.60. The van der Waals surface area contributed by atoms with Gasteiger partial charge in [-0.25, -0.2) is 13.2 Å². The molecule has 0 aliphatic rings. The van der Waals surface area contributed by atoms with Crippen LogP contribution in [-0.2, 0) is 20.4 Å². The lowest BCUT2D eigenvalue weighted by Crippen LogP contribution is -2.07. The maximum absolute atomic E-state index is 12.5. The van der Waals surface area contributed by atoms with Gasteiger partial charge in [0.15, 0.2) is 9.84 Å². The van der Waals surface area contributed by atoms with Crippen LogP contribution in [0.1, 0.15) is 18.1 Å². The van der Waals surface area contributed by atoms with E-state index in [1.165, 1.54) is 43.3 Å². The van der Waals surface area contributed by atoms with Crippen LogP contribution in [0.2, 0.25) is 0 Å². The second-order valence-corrected chi connectivity index (χ2v) is 7.34. The fraction of sp³-hybridized carbons (Fsp3) is 0.118. The summed E-state index contributed by atoms with van der Waals surface area (Å²) in [5.74, 6) is -1.68. The van der Waals surface area contributed by atoms with E-state index in [0.717, 1.165) is 0 Å². The number of carboxylic acids is 1. The van der Waals surface area contributed by atoms with E-state index in [2.05, 4.69) is 0 Å². The van der Waals surface area contributed by atoms with Crippen LogP contribution in [0, 0.1) is 10.1 Å². The van der Waals surface area contributed by atoms with Gasteiger partial charge in [-0.1, -0.05) is 18.2 Å². The standard InChI is InChI=1S/C17H15NO6S/c1-12(17(19)20)9-13-7-8-16(18(21)22)14(10-13)11-25(23,24)15-5-3-2-4-6-15/h2-10H,11H2,1H3,(H,19,20)/b12-9+. The first-order valence-corrected chi connectivity index (χ1v) is 8.82. The van der Waals surface area contributed by atoms with Crippen molar-refractivity contribution in [3.63, 3.8) is 0 Å². The van der Waals surface area contributed by atoms with E-state index in [-0.39, 0.29) is 21.7 Å². The first-order valence-electron chi connectivity index (χ1n) is 7.17. The Balaban J connectivity index is 2.49. The van der Waals surface area contributed by atoms with Crippen molar-refractivity contribution >= 4 is 27.6 Å². The number of rotatable bonds is 6. The smallest absolute Gasteiger partial charge is 0.331 e. The summed E-state index contributed by atoms with van der Waals surface area (Å²) in [6.07, 6.45) is 1.32. The summed E-state index contributed by atoms with van der Waals surface area (Å²) >= 11 is 0. The summed E-state index contributed by atoms with van der Waals surface area (Å²) in [6.45, 7) is 1.38. The number of aliphatic carboxylic acids is 1. The number of hydrogen-bond acceptors (Lipinski definition) is 5. The van der Waals surface area contributed by atoms with Gasteiger partial charge in [-0.05, 0) is 42.8 Å². The molecular weight excluding hydrogens is 346 g/mol. The van der Waals surface area contributed by atoms with Gasteiger partial charge in [0.1, 0.15) is 0 Å². The highest BCUT2D eigenvalue weighted by molar-refractivity contribution is 7.90. The third-order valence-corrected chi connectivity index (χ3v) is 5.15. The molecule has 0 unspecified atom stereocenters. The van der Waals surface area contributed by atoms with Gasteiger partial charge >= 0.3 is 5.97 Å². The third-order valence-electron chi connectivity index (χ3n) is 3.47. The highest BCUT2D eigenvalue weighted by Gasteiger charge is 2.22. The predicted molar refractivity (Wildman–Crippen MR) is 91.7 cm³/mol. The minimum absolute atomic E-state index is 0.000733. The molecule has 0 saturated carbocycles. The highest BCUT2D eigenvalue weighted by Crippen LogP contribution is 2.26. The quantitative estimate of drug-likeness (QED) is 0.480. The van der Waals surface area contributed by atoms with Crippen LogP contribution in [0.15, 0.2) is 59.0 Å². The summed E-state index contributed by atoms with van der Waals surface area (Å²) in [6, 6.07) is 11.5. The lowest BCUT2D eigenvalue weighted by molar-refractivity contribution is -0.385. The summed E-state index contributed by atoms with van der Waals surface area (Å²) in [7, 11) is -3.77. The average Bonchev–Trinajstić information content (AvgIpc) is 2.55. The predicted octanol–water partition coefficient (Wildman–Crippen LogP) is 3.06. The van der Waals surface area contributed by atoms with Crippen molar-refractivity contribution < 1.29 is 23.2 Å². The number of benzene rings is 2. The summed E-state index contributed by atoms with van der Waals surface area (Å²) in [5.41, 5.74) is 0.0832. The number of carbonyl (C=O) groups is 1. The van der Waals surface area contributed by atoms with Crippen molar-refractivity contribution in [2.75, 3.05) is 0 Å². The van der Waals surface area contributed by atoms with E-state index in [4.69, 9.17) is 5.11 Å². The molecule has 0 aliphatic carbocycles. The molecule has 2 aromatic rings. The average molecular weight is 361 g/mol. The van der Waals surface area contributed by atoms with Crippen molar-refractivity contribution in [2.24, 2.45) is 0 Å². The number of carboxylic acid groups (broad SMARTS) is 1. The van der Waals surface area contributed by atoms with E-state index >= 15 is 0 Å². The number of sulfone groups is 1. The second-order valence-electron chi connectivity index (χ2n) is 5.35. The monoisotopic (exact) mass is 361 g/mol. The molecule has 0 amide bonds. The second kappa shape index (κ2) is 7.27. The fourth-order valence-electron chi connectivity index (χ4n) is 2.22. The van der Waals surface area contributed by atoms with Gasteiger partial charge < -0.3 is 5.11 Å². The maximum atomic E-state index is 12.5. The zero-order valence-electron chi connectivity index (χ0n) is 13.2. The Labute approximate surface area is 144 Å². The minimum atomic E-state index is -3.77. The van der Waals surface area contributed by atoms with Gasteiger partial charge in [0.2, 0.25) is 0 Å². The molecule has 1 N–H and O–H groups in total. The third kappa shape index (κ3) is 4.51. The van der Waals surface area contributed by atoms with Gasteiger partial charge in [-0.3, -0.25) is 10.1 Å². The van der Waals surface area contributed by atoms with Gasteiger partial charge in [-0.2, -0.15) is 0 Å². The number of nitro groups is 1. The Morgan fingerprint density at radius 3 is 2.40 bits per heavy atom. The topological polar surface area (TPSA) is 115 Å². The van der Waals surface area contributed by atoms with E-state index < -0.39 is 26.5 Å². The van der Waals surface area contributed by atoms with Gasteiger partial charge in [0.05, 0.1) is 15.6 Å². The molecule has 7 nitrogen and oxygen atoms in total. The molecule has 0 spiro atoms. The molecule has 0 saturated heterocycles. The van der Waals surface area contributed by atoms with E-state index in [1.54, 1.807) is 18.2 Å². The largest absolute Gasteiger partial charge is 0.478 e. The van der Waals surface area contributed by atoms with Crippen molar-refractivity contribution in [1.29, 1.82) is 0 Å². The highest BCUT2D eigenvalue weighted by atomic mass is 32.2. The molecule has 0 bridgehead atoms. The normalized spacial score (nSPS) is 12.0. The molecule has 0 aliphatic heterocycles. The lowest BCUT2D eigenvalue weighted by atomic mass is 10.1. The molecule has 2 rings (SSSR count). The Kier molecular flexibility index (Phi) is 5.33. The van der Waals surface area contributed by atoms with Crippen LogP contribution in [0.5, 0.6) is 0 Å². The maximum Gasteiger partial charge on any atom is 0.331 e. The van der Waals surface area contributed by atoms with E-state index in [1.807, 2.05) is 0 Å². The van der Waals surface area contributed by atoms with Crippen LogP contribution in [0.25, 0.3) is 6.08 Å². The van der Waals surface area contributed by atoms with Crippen molar-refractivity contribution in [1.82, 2.24) is 0 Å². The van der Waals surface area contributed by atoms with Crippen LogP contribution >= 0.6 is 0 Å². The van der Waals surface area contributed by atoms with Crippen molar-refractivity contribution in [3.8, 4) is 0 Å². The SMILES string of the molecule is C/C(=C\c1ccc([N+](=O)[O-])c(CS(=O)(=O)c2ccccc2)c1)C(=O)O. The Morgan fingerprint density at radius 1 is 1.20 bits per heavy atom. The molecule has 0 atom stereocenters. The molecule has 0 fully saturated rings. The van der Waals surface area contributed by atoms with Crippen LogP contribution in [-0.4, -0.2) is 24.4 Å². The van der Waals surface area contributed by atoms with Crippen LogP contribution in [0.4, 0.5) is 5.69 Å².